The maximum absolute atomic E-state index is 13.3. The van der Waals surface area contributed by atoms with Crippen LogP contribution in [0.2, 0.25) is 5.02 Å². The molecular weight excluding hydrogens is 452 g/mol. The predicted molar refractivity (Wildman–Crippen MR) is 122 cm³/mol. The molecule has 0 saturated carbocycles. The Balaban J connectivity index is 1.49. The van der Waals surface area contributed by atoms with Crippen LogP contribution in [0.15, 0.2) is 54.7 Å². The van der Waals surface area contributed by atoms with E-state index in [0.29, 0.717) is 39.9 Å². The number of benzene rings is 2. The summed E-state index contributed by atoms with van der Waals surface area (Å²) in [5, 5.41) is 1.14. The standard InChI is InChI=1S/C23H23ClN2O5S/c1-31-23(28)20-14-26(21-8-3-2-7-19(20)21)22(27)17-9-11-25(12-10-17)32(29,30)15-16-5-4-6-18(24)13-16/h2-8,13-14,17H,9-12,15H2,1H3. The zero-order valence-corrected chi connectivity index (χ0v) is 19.1. The molecule has 0 amide bonds. The van der Waals surface area contributed by atoms with Crippen molar-refractivity contribution in [2.45, 2.75) is 18.6 Å². The molecule has 0 aliphatic carbocycles. The quantitative estimate of drug-likeness (QED) is 0.522. The molecule has 2 aromatic carbocycles. The van der Waals surface area contributed by atoms with Gasteiger partial charge in [0, 0.05) is 35.6 Å². The average Bonchev–Trinajstić information content (AvgIpc) is 3.17. The van der Waals surface area contributed by atoms with E-state index >= 15 is 0 Å². The molecule has 0 N–H and O–H groups in total. The minimum Gasteiger partial charge on any atom is -0.465 e. The first-order chi connectivity index (χ1) is 15.3. The smallest absolute Gasteiger partial charge is 0.340 e. The molecule has 1 saturated heterocycles. The van der Waals surface area contributed by atoms with Crippen molar-refractivity contribution >= 4 is 44.4 Å². The van der Waals surface area contributed by atoms with Crippen LogP contribution in [0, 0.1) is 5.92 Å². The van der Waals surface area contributed by atoms with Crippen LogP contribution in [0.4, 0.5) is 0 Å². The Kier molecular flexibility index (Phi) is 6.37. The van der Waals surface area contributed by atoms with Gasteiger partial charge in [0.25, 0.3) is 0 Å². The molecule has 2 heterocycles. The molecule has 168 valence electrons. The first kappa shape index (κ1) is 22.5. The fourth-order valence-corrected chi connectivity index (χ4v) is 5.90. The van der Waals surface area contributed by atoms with E-state index in [4.69, 9.17) is 16.3 Å². The summed E-state index contributed by atoms with van der Waals surface area (Å²) in [6.45, 7) is 0.532. The van der Waals surface area contributed by atoms with Gasteiger partial charge < -0.3 is 4.74 Å². The van der Waals surface area contributed by atoms with Crippen molar-refractivity contribution in [3.05, 3.63) is 70.9 Å². The highest BCUT2D eigenvalue weighted by Gasteiger charge is 2.32. The number of aromatic nitrogens is 1. The molecule has 7 nitrogen and oxygen atoms in total. The van der Waals surface area contributed by atoms with E-state index in [1.54, 1.807) is 48.5 Å². The lowest BCUT2D eigenvalue weighted by molar-refractivity contribution is 0.0603. The predicted octanol–water partition coefficient (Wildman–Crippen LogP) is 3.96. The second-order valence-corrected chi connectivity index (χ2v) is 10.2. The van der Waals surface area contributed by atoms with Gasteiger partial charge in [0.15, 0.2) is 0 Å². The van der Waals surface area contributed by atoms with Gasteiger partial charge in [0.1, 0.15) is 0 Å². The van der Waals surface area contributed by atoms with Crippen molar-refractivity contribution in [1.82, 2.24) is 8.87 Å². The summed E-state index contributed by atoms with van der Waals surface area (Å²) >= 11 is 5.97. The van der Waals surface area contributed by atoms with Crippen LogP contribution in [0.3, 0.4) is 0 Å². The third-order valence-corrected chi connectivity index (χ3v) is 7.87. The van der Waals surface area contributed by atoms with Crippen LogP contribution in [0.25, 0.3) is 10.9 Å². The van der Waals surface area contributed by atoms with Crippen LogP contribution >= 0.6 is 11.6 Å². The Bertz CT molecular complexity index is 1280. The number of sulfonamides is 1. The fraction of sp³-hybridized carbons (Fsp3) is 0.304. The Morgan fingerprint density at radius 2 is 1.81 bits per heavy atom. The second kappa shape index (κ2) is 9.05. The number of carbonyl (C=O) groups excluding carboxylic acids is 2. The van der Waals surface area contributed by atoms with E-state index in [9.17, 15) is 18.0 Å². The van der Waals surface area contributed by atoms with E-state index in [1.165, 1.54) is 22.2 Å². The zero-order valence-electron chi connectivity index (χ0n) is 17.5. The molecule has 0 radical (unpaired) electrons. The summed E-state index contributed by atoms with van der Waals surface area (Å²) < 4.78 is 33.5. The van der Waals surface area contributed by atoms with Crippen molar-refractivity contribution in [3.8, 4) is 0 Å². The van der Waals surface area contributed by atoms with Gasteiger partial charge in [0.05, 0.1) is 23.9 Å². The number of hydrogen-bond donors (Lipinski definition) is 0. The Morgan fingerprint density at radius 3 is 2.50 bits per heavy atom. The first-order valence-corrected chi connectivity index (χ1v) is 12.2. The maximum atomic E-state index is 13.3. The number of piperidine rings is 1. The van der Waals surface area contributed by atoms with Crippen LogP contribution < -0.4 is 0 Å². The maximum Gasteiger partial charge on any atom is 0.340 e. The summed E-state index contributed by atoms with van der Waals surface area (Å²) in [5.74, 6) is -1.12. The van der Waals surface area contributed by atoms with Gasteiger partial charge in [-0.25, -0.2) is 17.5 Å². The number of rotatable bonds is 5. The first-order valence-electron chi connectivity index (χ1n) is 10.2. The van der Waals surface area contributed by atoms with Gasteiger partial charge in [-0.05, 0) is 36.6 Å². The minimum absolute atomic E-state index is 0.128. The molecule has 0 unspecified atom stereocenters. The number of ether oxygens (including phenoxy) is 1. The van der Waals surface area contributed by atoms with E-state index in [2.05, 4.69) is 0 Å². The summed E-state index contributed by atoms with van der Waals surface area (Å²) in [5.41, 5.74) is 1.59. The Labute approximate surface area is 191 Å². The highest BCUT2D eigenvalue weighted by molar-refractivity contribution is 7.88. The molecule has 1 aliphatic rings. The molecule has 1 fully saturated rings. The summed E-state index contributed by atoms with van der Waals surface area (Å²) in [6, 6.07) is 14.0. The lowest BCUT2D eigenvalue weighted by Crippen LogP contribution is -2.41. The molecule has 1 aromatic heterocycles. The minimum atomic E-state index is -3.52. The van der Waals surface area contributed by atoms with Crippen LogP contribution in [-0.4, -0.2) is 49.4 Å². The molecule has 0 spiro atoms. The second-order valence-electron chi connectivity index (χ2n) is 7.82. The summed E-state index contributed by atoms with van der Waals surface area (Å²) in [4.78, 5) is 25.4. The average molecular weight is 475 g/mol. The van der Waals surface area contributed by atoms with Crippen LogP contribution in [0.1, 0.15) is 33.6 Å². The third-order valence-electron chi connectivity index (χ3n) is 5.79. The highest BCUT2D eigenvalue weighted by atomic mass is 35.5. The normalized spacial score (nSPS) is 15.7. The topological polar surface area (TPSA) is 85.7 Å². The van der Waals surface area contributed by atoms with Gasteiger partial charge in [-0.2, -0.15) is 0 Å². The van der Waals surface area contributed by atoms with E-state index in [1.807, 2.05) is 0 Å². The van der Waals surface area contributed by atoms with Gasteiger partial charge in [0.2, 0.25) is 15.9 Å². The molecular formula is C23H23ClN2O5S. The van der Waals surface area contributed by atoms with Crippen molar-refractivity contribution in [3.63, 3.8) is 0 Å². The van der Waals surface area contributed by atoms with Gasteiger partial charge in [-0.3, -0.25) is 9.36 Å². The van der Waals surface area contributed by atoms with Crippen molar-refractivity contribution < 1.29 is 22.7 Å². The monoisotopic (exact) mass is 474 g/mol. The number of fused-ring (bicyclic) bond motifs is 1. The third kappa shape index (κ3) is 4.44. The number of para-hydroxylation sites is 1. The molecule has 0 bridgehead atoms. The summed E-state index contributed by atoms with van der Waals surface area (Å²) in [7, 11) is -2.22. The number of halogens is 1. The SMILES string of the molecule is COC(=O)c1cn(C(=O)C2CCN(S(=O)(=O)Cc3cccc(Cl)c3)CC2)c2ccccc12. The van der Waals surface area contributed by atoms with Gasteiger partial charge in [-0.15, -0.1) is 0 Å². The van der Waals surface area contributed by atoms with Crippen molar-refractivity contribution in [2.75, 3.05) is 20.2 Å². The zero-order chi connectivity index (χ0) is 22.9. The molecule has 32 heavy (non-hydrogen) atoms. The number of nitrogens with zero attached hydrogens (tertiary/aromatic N) is 2. The molecule has 3 aromatic rings. The van der Waals surface area contributed by atoms with Crippen molar-refractivity contribution in [1.29, 1.82) is 0 Å². The number of carbonyl (C=O) groups is 2. The lowest BCUT2D eigenvalue weighted by atomic mass is 9.97. The van der Waals surface area contributed by atoms with E-state index in [0.717, 1.165) is 0 Å². The summed E-state index contributed by atoms with van der Waals surface area (Å²) in [6.07, 6.45) is 2.34. The lowest BCUT2D eigenvalue weighted by Gasteiger charge is -2.30. The van der Waals surface area contributed by atoms with Gasteiger partial charge in [-0.1, -0.05) is 41.9 Å². The fourth-order valence-electron chi connectivity index (χ4n) is 4.14. The van der Waals surface area contributed by atoms with E-state index < -0.39 is 16.0 Å². The number of hydrogen-bond acceptors (Lipinski definition) is 5. The van der Waals surface area contributed by atoms with Crippen LogP contribution in [-0.2, 0) is 20.5 Å². The van der Waals surface area contributed by atoms with Crippen LogP contribution in [0.5, 0.6) is 0 Å². The van der Waals surface area contributed by atoms with E-state index in [-0.39, 0.29) is 30.7 Å². The molecule has 4 rings (SSSR count). The number of esters is 1. The molecule has 1 aliphatic heterocycles. The number of methoxy groups -OCH3 is 1. The Morgan fingerprint density at radius 1 is 1.09 bits per heavy atom. The molecule has 9 heteroatoms. The van der Waals surface area contributed by atoms with Crippen molar-refractivity contribution in [2.24, 2.45) is 5.92 Å². The molecule has 0 atom stereocenters. The van der Waals surface area contributed by atoms with Gasteiger partial charge >= 0.3 is 5.97 Å². The highest BCUT2D eigenvalue weighted by Crippen LogP contribution is 2.27. The Hall–Kier alpha value is -2.68. The largest absolute Gasteiger partial charge is 0.465 e.